The van der Waals surface area contributed by atoms with E-state index < -0.39 is 11.8 Å². The van der Waals surface area contributed by atoms with Crippen LogP contribution in [0.15, 0.2) is 42.7 Å². The smallest absolute Gasteiger partial charge is 0.313 e. The predicted molar refractivity (Wildman–Crippen MR) is 136 cm³/mol. The standard InChI is InChI=1S/C26H28ClN5O4/c27-22-13-17(5-6-20(22)24(33)30-14-18-3-2-12-36-18)31-25(34)26(35)32-10-7-16(8-11-32)21-15-29-23-19(21)4-1-9-28-23/h1,4-6,9,13,15-16,18H,2-3,7-8,10-12,14H2,(H,28,29)(H,30,33)(H,31,34). The first-order valence-electron chi connectivity index (χ1n) is 12.2. The topological polar surface area (TPSA) is 116 Å². The highest BCUT2D eigenvalue weighted by Gasteiger charge is 2.29. The van der Waals surface area contributed by atoms with Crippen molar-refractivity contribution in [2.24, 2.45) is 0 Å². The number of likely N-dealkylation sites (tertiary alicyclic amines) is 1. The highest BCUT2D eigenvalue weighted by Crippen LogP contribution is 2.32. The maximum Gasteiger partial charge on any atom is 0.313 e. The lowest BCUT2D eigenvalue weighted by Crippen LogP contribution is -2.43. The maximum atomic E-state index is 12.8. The fraction of sp³-hybridized carbons (Fsp3) is 0.385. The molecule has 10 heteroatoms. The van der Waals surface area contributed by atoms with Gasteiger partial charge in [-0.2, -0.15) is 0 Å². The molecule has 2 aliphatic rings. The van der Waals surface area contributed by atoms with Crippen LogP contribution in [0.2, 0.25) is 5.02 Å². The largest absolute Gasteiger partial charge is 0.376 e. The van der Waals surface area contributed by atoms with Crippen LogP contribution in [0.1, 0.15) is 47.5 Å². The summed E-state index contributed by atoms with van der Waals surface area (Å²) in [4.78, 5) is 47.0. The molecular weight excluding hydrogens is 482 g/mol. The van der Waals surface area contributed by atoms with Crippen LogP contribution in [0.25, 0.3) is 11.0 Å². The molecular formula is C26H28ClN5O4. The molecule has 36 heavy (non-hydrogen) atoms. The highest BCUT2D eigenvalue weighted by atomic mass is 35.5. The normalized spacial score (nSPS) is 18.4. The third kappa shape index (κ3) is 5.22. The van der Waals surface area contributed by atoms with E-state index in [9.17, 15) is 14.4 Å². The first-order chi connectivity index (χ1) is 17.5. The van der Waals surface area contributed by atoms with Gasteiger partial charge in [-0.05, 0) is 67.5 Å². The minimum Gasteiger partial charge on any atom is -0.376 e. The highest BCUT2D eigenvalue weighted by molar-refractivity contribution is 6.40. The van der Waals surface area contributed by atoms with Gasteiger partial charge in [-0.25, -0.2) is 4.98 Å². The first-order valence-corrected chi connectivity index (χ1v) is 12.6. The summed E-state index contributed by atoms with van der Waals surface area (Å²) < 4.78 is 5.51. The van der Waals surface area contributed by atoms with E-state index >= 15 is 0 Å². The third-order valence-corrected chi connectivity index (χ3v) is 7.20. The molecule has 1 aromatic carbocycles. The number of hydrogen-bond donors (Lipinski definition) is 3. The van der Waals surface area contributed by atoms with Gasteiger partial charge in [0.1, 0.15) is 5.65 Å². The Morgan fingerprint density at radius 1 is 1.17 bits per heavy atom. The van der Waals surface area contributed by atoms with E-state index in [0.717, 1.165) is 36.7 Å². The number of pyridine rings is 1. The molecule has 9 nitrogen and oxygen atoms in total. The van der Waals surface area contributed by atoms with Crippen molar-refractivity contribution in [2.75, 3.05) is 31.6 Å². The number of H-pyrrole nitrogens is 1. The van der Waals surface area contributed by atoms with Gasteiger partial charge >= 0.3 is 11.8 Å². The third-order valence-electron chi connectivity index (χ3n) is 6.89. The molecule has 188 valence electrons. The first kappa shape index (κ1) is 24.3. The number of aromatic amines is 1. The van der Waals surface area contributed by atoms with Gasteiger partial charge in [-0.15, -0.1) is 0 Å². The van der Waals surface area contributed by atoms with Crippen molar-refractivity contribution < 1.29 is 19.1 Å². The van der Waals surface area contributed by atoms with Gasteiger partial charge in [0.15, 0.2) is 0 Å². The average Bonchev–Trinajstić information content (AvgIpc) is 3.57. The summed E-state index contributed by atoms with van der Waals surface area (Å²) in [5, 5.41) is 6.72. The Labute approximate surface area is 213 Å². The van der Waals surface area contributed by atoms with E-state index in [1.54, 1.807) is 17.2 Å². The molecule has 1 atom stereocenters. The lowest BCUT2D eigenvalue weighted by Gasteiger charge is -2.31. The van der Waals surface area contributed by atoms with Gasteiger partial charge < -0.3 is 25.3 Å². The number of nitrogens with one attached hydrogen (secondary N) is 3. The van der Waals surface area contributed by atoms with E-state index in [4.69, 9.17) is 16.3 Å². The van der Waals surface area contributed by atoms with Crippen molar-refractivity contribution in [1.82, 2.24) is 20.2 Å². The van der Waals surface area contributed by atoms with Crippen molar-refractivity contribution in [3.8, 4) is 0 Å². The van der Waals surface area contributed by atoms with E-state index in [-0.39, 0.29) is 17.0 Å². The summed E-state index contributed by atoms with van der Waals surface area (Å²) in [7, 11) is 0. The van der Waals surface area contributed by atoms with Crippen molar-refractivity contribution in [2.45, 2.75) is 37.7 Å². The summed E-state index contributed by atoms with van der Waals surface area (Å²) in [5.74, 6) is -1.31. The van der Waals surface area contributed by atoms with Crippen molar-refractivity contribution in [3.63, 3.8) is 0 Å². The number of benzene rings is 1. The average molecular weight is 510 g/mol. The second-order valence-corrected chi connectivity index (χ2v) is 9.61. The zero-order valence-electron chi connectivity index (χ0n) is 19.8. The molecule has 3 amide bonds. The summed E-state index contributed by atoms with van der Waals surface area (Å²) in [5.41, 5.74) is 2.71. The van der Waals surface area contributed by atoms with Gasteiger partial charge in [0, 0.05) is 49.7 Å². The van der Waals surface area contributed by atoms with E-state index in [0.29, 0.717) is 43.4 Å². The van der Waals surface area contributed by atoms with Crippen molar-refractivity contribution in [1.29, 1.82) is 0 Å². The minimum atomic E-state index is -0.726. The molecule has 0 radical (unpaired) electrons. The molecule has 0 saturated carbocycles. The summed E-state index contributed by atoms with van der Waals surface area (Å²) in [6, 6.07) is 8.54. The fourth-order valence-corrected chi connectivity index (χ4v) is 5.19. The Bertz CT molecular complexity index is 1280. The van der Waals surface area contributed by atoms with Crippen LogP contribution in [0.3, 0.4) is 0 Å². The molecule has 0 spiro atoms. The zero-order chi connectivity index (χ0) is 25.1. The monoisotopic (exact) mass is 509 g/mol. The van der Waals surface area contributed by atoms with Crippen LogP contribution in [-0.2, 0) is 14.3 Å². The van der Waals surface area contributed by atoms with Crippen LogP contribution >= 0.6 is 11.6 Å². The molecule has 2 saturated heterocycles. The number of anilines is 1. The van der Waals surface area contributed by atoms with E-state index in [2.05, 4.69) is 20.6 Å². The van der Waals surface area contributed by atoms with Gasteiger partial charge in [-0.1, -0.05) is 11.6 Å². The van der Waals surface area contributed by atoms with Crippen LogP contribution in [-0.4, -0.2) is 64.9 Å². The van der Waals surface area contributed by atoms with E-state index in [1.165, 1.54) is 17.7 Å². The molecule has 2 fully saturated rings. The number of carbonyl (C=O) groups is 3. The lowest BCUT2D eigenvalue weighted by atomic mass is 9.89. The molecule has 2 aromatic heterocycles. The molecule has 0 bridgehead atoms. The number of carbonyl (C=O) groups excluding carboxylic acids is 3. The van der Waals surface area contributed by atoms with Gasteiger partial charge in [0.05, 0.1) is 16.7 Å². The number of aromatic nitrogens is 2. The Kier molecular flexibility index (Phi) is 7.20. The Balaban J connectivity index is 1.14. The fourth-order valence-electron chi connectivity index (χ4n) is 4.92. The number of halogens is 1. The second kappa shape index (κ2) is 10.7. The number of rotatable bonds is 5. The van der Waals surface area contributed by atoms with Crippen LogP contribution in [0, 0.1) is 0 Å². The molecule has 4 heterocycles. The van der Waals surface area contributed by atoms with Gasteiger partial charge in [-0.3, -0.25) is 14.4 Å². The number of ether oxygens (including phenoxy) is 1. The summed E-state index contributed by atoms with van der Waals surface area (Å²) >= 11 is 6.29. The van der Waals surface area contributed by atoms with Crippen LogP contribution in [0.5, 0.6) is 0 Å². The molecule has 0 aliphatic carbocycles. The van der Waals surface area contributed by atoms with Crippen molar-refractivity contribution >= 4 is 46.0 Å². The molecule has 3 N–H and O–H groups in total. The molecule has 2 aliphatic heterocycles. The summed E-state index contributed by atoms with van der Waals surface area (Å²) in [6.45, 7) is 2.13. The zero-order valence-corrected chi connectivity index (χ0v) is 20.5. The maximum absolute atomic E-state index is 12.8. The predicted octanol–water partition coefficient (Wildman–Crippen LogP) is 3.47. The van der Waals surface area contributed by atoms with Gasteiger partial charge in [0.2, 0.25) is 0 Å². The number of hydrogen-bond acceptors (Lipinski definition) is 5. The molecule has 1 unspecified atom stereocenters. The SMILES string of the molecule is O=C(Nc1ccc(C(=O)NCC2CCCO2)c(Cl)c1)C(=O)N1CCC(c2c[nH]c3ncccc23)CC1. The van der Waals surface area contributed by atoms with Crippen molar-refractivity contribution in [3.05, 3.63) is 58.9 Å². The Hall–Kier alpha value is -3.43. The number of nitrogens with zero attached hydrogens (tertiary/aromatic N) is 2. The Morgan fingerprint density at radius 2 is 2.00 bits per heavy atom. The lowest BCUT2D eigenvalue weighted by molar-refractivity contribution is -0.143. The number of amides is 3. The number of fused-ring (bicyclic) bond motifs is 1. The second-order valence-electron chi connectivity index (χ2n) is 9.20. The Morgan fingerprint density at radius 3 is 2.75 bits per heavy atom. The van der Waals surface area contributed by atoms with Gasteiger partial charge in [0.25, 0.3) is 5.91 Å². The van der Waals surface area contributed by atoms with Crippen LogP contribution < -0.4 is 10.6 Å². The molecule has 3 aromatic rings. The van der Waals surface area contributed by atoms with Crippen LogP contribution in [0.4, 0.5) is 5.69 Å². The van der Waals surface area contributed by atoms with E-state index in [1.807, 2.05) is 18.3 Å². The minimum absolute atomic E-state index is 0.0294. The molecule has 5 rings (SSSR count). The summed E-state index contributed by atoms with van der Waals surface area (Å²) in [6.07, 6.45) is 7.22. The quantitative estimate of drug-likeness (QED) is 0.455. The number of piperidine rings is 1.